The summed E-state index contributed by atoms with van der Waals surface area (Å²) in [6.45, 7) is 4.68. The Labute approximate surface area is 142 Å². The second kappa shape index (κ2) is 7.42. The summed E-state index contributed by atoms with van der Waals surface area (Å²) in [5.74, 6) is 0.608. The summed E-state index contributed by atoms with van der Waals surface area (Å²) in [4.78, 5) is 12.6. The zero-order valence-corrected chi connectivity index (χ0v) is 14.1. The van der Waals surface area contributed by atoms with Crippen LogP contribution in [0.15, 0.2) is 6.33 Å². The van der Waals surface area contributed by atoms with Crippen molar-refractivity contribution in [3.63, 3.8) is 0 Å². The van der Waals surface area contributed by atoms with E-state index < -0.39 is 12.2 Å². The van der Waals surface area contributed by atoms with Crippen molar-refractivity contribution in [1.82, 2.24) is 19.5 Å². The minimum Gasteiger partial charge on any atom is -0.451 e. The molecule has 0 saturated heterocycles. The van der Waals surface area contributed by atoms with Crippen LogP contribution in [-0.4, -0.2) is 53.7 Å². The van der Waals surface area contributed by atoms with Gasteiger partial charge in [0.15, 0.2) is 0 Å². The summed E-state index contributed by atoms with van der Waals surface area (Å²) >= 11 is 0. The van der Waals surface area contributed by atoms with Crippen LogP contribution in [0, 0.1) is 26.8 Å². The molecule has 0 unspecified atom stereocenters. The van der Waals surface area contributed by atoms with E-state index in [1.807, 2.05) is 6.92 Å². The maximum atomic E-state index is 9.78. The molecule has 1 radical (unpaired) electrons. The molecular weight excluding hydrogens is 337 g/mol. The van der Waals surface area contributed by atoms with Crippen LogP contribution in [0.3, 0.4) is 0 Å². The SMILES string of the molecule is Cc1nc(C)c2ncn([CH-][C@H](O)[C@H](O)[CH-]CO)c2n1.[Y]. The molecule has 107 valence electrons. The van der Waals surface area contributed by atoms with Gasteiger partial charge in [-0.15, -0.1) is 0 Å². The van der Waals surface area contributed by atoms with E-state index in [9.17, 15) is 10.2 Å². The molecule has 2 aromatic heterocycles. The van der Waals surface area contributed by atoms with Gasteiger partial charge in [-0.2, -0.15) is 0 Å². The van der Waals surface area contributed by atoms with E-state index in [4.69, 9.17) is 5.11 Å². The molecule has 7 nitrogen and oxygen atoms in total. The van der Waals surface area contributed by atoms with Gasteiger partial charge < -0.3 is 24.9 Å². The second-order valence-electron chi connectivity index (χ2n) is 4.23. The van der Waals surface area contributed by atoms with Gasteiger partial charge in [0.1, 0.15) is 5.82 Å². The Morgan fingerprint density at radius 2 is 1.95 bits per heavy atom. The van der Waals surface area contributed by atoms with Crippen LogP contribution >= 0.6 is 0 Å². The predicted molar refractivity (Wildman–Crippen MR) is 67.9 cm³/mol. The fourth-order valence-corrected chi connectivity index (χ4v) is 1.80. The van der Waals surface area contributed by atoms with Gasteiger partial charge in [0, 0.05) is 38.8 Å². The van der Waals surface area contributed by atoms with E-state index in [0.717, 1.165) is 5.69 Å². The molecule has 0 bridgehead atoms. The fourth-order valence-electron chi connectivity index (χ4n) is 1.80. The molecule has 2 heterocycles. The fraction of sp³-hybridized carbons (Fsp3) is 0.417. The molecule has 20 heavy (non-hydrogen) atoms. The molecular formula is C12H16N4O3Y-2. The Kier molecular flexibility index (Phi) is 6.48. The maximum absolute atomic E-state index is 9.78. The monoisotopic (exact) mass is 353 g/mol. The Balaban J connectivity index is 0.00000200. The number of aliphatic hydroxyl groups excluding tert-OH is 3. The number of hydrogen-bond acceptors (Lipinski definition) is 6. The number of aromatic nitrogens is 4. The predicted octanol–water partition coefficient (Wildman–Crippen LogP) is -0.631. The van der Waals surface area contributed by atoms with Gasteiger partial charge in [-0.05, 0) is 26.3 Å². The molecule has 0 spiro atoms. The molecule has 0 fully saturated rings. The summed E-state index contributed by atoms with van der Waals surface area (Å²) < 4.78 is 1.54. The molecule has 0 aliphatic carbocycles. The van der Waals surface area contributed by atoms with E-state index in [0.29, 0.717) is 17.0 Å². The third-order valence-electron chi connectivity index (χ3n) is 2.72. The molecule has 0 aliphatic heterocycles. The van der Waals surface area contributed by atoms with Crippen molar-refractivity contribution in [2.75, 3.05) is 6.61 Å². The number of aliphatic hydroxyl groups is 3. The molecule has 0 amide bonds. The summed E-state index contributed by atoms with van der Waals surface area (Å²) in [7, 11) is 0. The van der Waals surface area contributed by atoms with E-state index in [-0.39, 0.29) is 39.3 Å². The first-order valence-corrected chi connectivity index (χ1v) is 5.86. The standard InChI is InChI=1S/C12H16N4O3.Y/c1-7-11-12(15-8(2)14-7)16(6-13-11)5-10(19)9(18)3-4-17;/h3,5-6,9-10,17-19H,4H2,1-2H3;/q-2;/t9-,10+;/m1./s1. The van der Waals surface area contributed by atoms with Crippen LogP contribution in [-0.2, 0) is 32.7 Å². The minimum atomic E-state index is -1.15. The van der Waals surface area contributed by atoms with Crippen LogP contribution in [0.1, 0.15) is 11.5 Å². The summed E-state index contributed by atoms with van der Waals surface area (Å²) in [6.07, 6.45) is 0.401. The van der Waals surface area contributed by atoms with Crippen LogP contribution < -0.4 is 0 Å². The quantitative estimate of drug-likeness (QED) is 0.619. The molecule has 2 atom stereocenters. The number of hydrogen-bond donors (Lipinski definition) is 3. The summed E-state index contributed by atoms with van der Waals surface area (Å²) in [5.41, 5.74) is 1.97. The summed E-state index contributed by atoms with van der Waals surface area (Å²) in [6, 6.07) is 0. The molecule has 8 heteroatoms. The van der Waals surface area contributed by atoms with Crippen LogP contribution in [0.25, 0.3) is 11.2 Å². The van der Waals surface area contributed by atoms with E-state index in [1.54, 1.807) is 6.92 Å². The van der Waals surface area contributed by atoms with Crippen molar-refractivity contribution in [2.24, 2.45) is 0 Å². The Bertz CT molecular complexity index is 575. The molecule has 2 rings (SSSR count). The largest absolute Gasteiger partial charge is 0.451 e. The number of aryl methyl sites for hydroxylation is 2. The smallest absolute Gasteiger partial charge is 0.114 e. The normalized spacial score (nSPS) is 13.8. The number of nitrogens with zero attached hydrogens (tertiary/aromatic N) is 4. The van der Waals surface area contributed by atoms with E-state index >= 15 is 0 Å². The average molecular weight is 353 g/mol. The van der Waals surface area contributed by atoms with Crippen molar-refractivity contribution in [1.29, 1.82) is 0 Å². The molecule has 0 saturated carbocycles. The van der Waals surface area contributed by atoms with Crippen LogP contribution in [0.4, 0.5) is 0 Å². The van der Waals surface area contributed by atoms with Crippen LogP contribution in [0.2, 0.25) is 0 Å². The van der Waals surface area contributed by atoms with Gasteiger partial charge in [0.05, 0.1) is 16.9 Å². The maximum Gasteiger partial charge on any atom is 0.114 e. The Hall–Kier alpha value is -0.596. The third kappa shape index (κ3) is 3.74. The first kappa shape index (κ1) is 17.5. The molecule has 3 N–H and O–H groups in total. The van der Waals surface area contributed by atoms with Gasteiger partial charge >= 0.3 is 0 Å². The van der Waals surface area contributed by atoms with Gasteiger partial charge in [-0.3, -0.25) is 11.4 Å². The second-order valence-corrected chi connectivity index (χ2v) is 4.23. The third-order valence-corrected chi connectivity index (χ3v) is 2.72. The number of rotatable bonds is 5. The number of fused-ring (bicyclic) bond motifs is 1. The molecule has 2 aromatic rings. The Morgan fingerprint density at radius 3 is 2.60 bits per heavy atom. The van der Waals surface area contributed by atoms with Gasteiger partial charge in [-0.1, -0.05) is 13.2 Å². The van der Waals surface area contributed by atoms with E-state index in [1.165, 1.54) is 23.9 Å². The zero-order chi connectivity index (χ0) is 14.0. The number of imidazole rings is 1. The van der Waals surface area contributed by atoms with Crippen molar-refractivity contribution in [3.05, 3.63) is 30.8 Å². The average Bonchev–Trinajstić information content (AvgIpc) is 2.73. The van der Waals surface area contributed by atoms with Gasteiger partial charge in [0.2, 0.25) is 0 Å². The van der Waals surface area contributed by atoms with Gasteiger partial charge in [-0.25, -0.2) is 4.98 Å². The zero-order valence-electron chi connectivity index (χ0n) is 11.3. The minimum absolute atomic E-state index is 0. The van der Waals surface area contributed by atoms with Crippen molar-refractivity contribution >= 4 is 11.2 Å². The first-order chi connectivity index (χ1) is 9.02. The molecule has 0 aliphatic rings. The Morgan fingerprint density at radius 1 is 1.25 bits per heavy atom. The van der Waals surface area contributed by atoms with Crippen molar-refractivity contribution < 1.29 is 48.0 Å². The van der Waals surface area contributed by atoms with Crippen LogP contribution in [0.5, 0.6) is 0 Å². The van der Waals surface area contributed by atoms with Crippen molar-refractivity contribution in [3.8, 4) is 0 Å². The van der Waals surface area contributed by atoms with Gasteiger partial charge in [0.25, 0.3) is 0 Å². The van der Waals surface area contributed by atoms with E-state index in [2.05, 4.69) is 15.0 Å². The van der Waals surface area contributed by atoms with Crippen molar-refractivity contribution in [2.45, 2.75) is 26.1 Å². The topological polar surface area (TPSA) is 104 Å². The molecule has 0 aromatic carbocycles. The first-order valence-electron chi connectivity index (χ1n) is 5.86. The summed E-state index contributed by atoms with van der Waals surface area (Å²) in [5, 5.41) is 28.0.